The predicted molar refractivity (Wildman–Crippen MR) is 70.0 cm³/mol. The first-order valence-electron chi connectivity index (χ1n) is 6.04. The van der Waals surface area contributed by atoms with Gasteiger partial charge in [-0.05, 0) is 51.6 Å². The summed E-state index contributed by atoms with van der Waals surface area (Å²) >= 11 is 0. The Morgan fingerprint density at radius 2 is 2.00 bits per heavy atom. The highest BCUT2D eigenvalue weighted by atomic mass is 15.3. The monoisotopic (exact) mass is 229 g/mol. The molecule has 90 valence electrons. The molecule has 1 aromatic carbocycles. The largest absolute Gasteiger partial charge is 0.365 e. The van der Waals surface area contributed by atoms with Crippen LogP contribution in [0.25, 0.3) is 0 Å². The molecule has 1 unspecified atom stereocenters. The van der Waals surface area contributed by atoms with E-state index in [1.165, 1.54) is 5.69 Å². The minimum absolute atomic E-state index is 0.114. The van der Waals surface area contributed by atoms with Crippen molar-refractivity contribution in [3.63, 3.8) is 0 Å². The minimum atomic E-state index is 0.114. The van der Waals surface area contributed by atoms with Crippen molar-refractivity contribution in [2.24, 2.45) is 0 Å². The van der Waals surface area contributed by atoms with Crippen molar-refractivity contribution in [3.05, 3.63) is 29.8 Å². The van der Waals surface area contributed by atoms with Crippen LogP contribution in [-0.4, -0.2) is 25.2 Å². The standard InChI is InChI=1S/C14H19N3/c1-14(2)13(16-3)8-9-17(14)12-6-4-11(10-15)5-7-12/h4-7,13,16H,8-9H2,1-3H3. The molecule has 1 fully saturated rings. The molecule has 1 heterocycles. The van der Waals surface area contributed by atoms with Gasteiger partial charge >= 0.3 is 0 Å². The lowest BCUT2D eigenvalue weighted by Crippen LogP contribution is -2.50. The molecule has 1 N–H and O–H groups in total. The number of nitriles is 1. The fourth-order valence-electron chi connectivity index (χ4n) is 2.76. The van der Waals surface area contributed by atoms with Crippen LogP contribution in [0.2, 0.25) is 0 Å². The molecule has 0 bridgehead atoms. The third-order valence-electron chi connectivity index (χ3n) is 3.85. The van der Waals surface area contributed by atoms with E-state index in [1.807, 2.05) is 31.3 Å². The molecule has 0 aromatic heterocycles. The topological polar surface area (TPSA) is 39.1 Å². The Morgan fingerprint density at radius 1 is 1.35 bits per heavy atom. The van der Waals surface area contributed by atoms with Crippen molar-refractivity contribution in [3.8, 4) is 6.07 Å². The summed E-state index contributed by atoms with van der Waals surface area (Å²) in [5.41, 5.74) is 2.03. The van der Waals surface area contributed by atoms with Gasteiger partial charge in [0.1, 0.15) is 0 Å². The number of hydrogen-bond acceptors (Lipinski definition) is 3. The lowest BCUT2D eigenvalue weighted by Gasteiger charge is -2.37. The van der Waals surface area contributed by atoms with Crippen molar-refractivity contribution >= 4 is 5.69 Å². The van der Waals surface area contributed by atoms with E-state index in [0.29, 0.717) is 6.04 Å². The summed E-state index contributed by atoms with van der Waals surface area (Å²) in [7, 11) is 2.02. The van der Waals surface area contributed by atoms with E-state index in [1.54, 1.807) is 0 Å². The molecular weight excluding hydrogens is 210 g/mol. The zero-order chi connectivity index (χ0) is 12.5. The zero-order valence-electron chi connectivity index (χ0n) is 10.7. The summed E-state index contributed by atoms with van der Waals surface area (Å²) < 4.78 is 0. The van der Waals surface area contributed by atoms with E-state index in [0.717, 1.165) is 18.5 Å². The number of nitrogens with one attached hydrogen (secondary N) is 1. The number of rotatable bonds is 2. The van der Waals surface area contributed by atoms with Gasteiger partial charge in [0.05, 0.1) is 11.6 Å². The van der Waals surface area contributed by atoms with Crippen LogP contribution in [-0.2, 0) is 0 Å². The second kappa shape index (κ2) is 4.38. The van der Waals surface area contributed by atoms with Crippen LogP contribution in [0.1, 0.15) is 25.8 Å². The first-order chi connectivity index (χ1) is 8.09. The summed E-state index contributed by atoms with van der Waals surface area (Å²) in [6, 6.07) is 10.5. The maximum absolute atomic E-state index is 8.80. The zero-order valence-corrected chi connectivity index (χ0v) is 10.7. The third kappa shape index (κ3) is 2.01. The Morgan fingerprint density at radius 3 is 2.47 bits per heavy atom. The van der Waals surface area contributed by atoms with Crippen LogP contribution < -0.4 is 10.2 Å². The van der Waals surface area contributed by atoms with Crippen molar-refractivity contribution in [2.75, 3.05) is 18.5 Å². The van der Waals surface area contributed by atoms with Gasteiger partial charge in [-0.3, -0.25) is 0 Å². The Labute approximate surface area is 103 Å². The molecular formula is C14H19N3. The maximum Gasteiger partial charge on any atom is 0.0991 e. The van der Waals surface area contributed by atoms with Crippen LogP contribution in [0.15, 0.2) is 24.3 Å². The highest BCUT2D eigenvalue weighted by Gasteiger charge is 2.40. The molecule has 1 atom stereocenters. The minimum Gasteiger partial charge on any atom is -0.365 e. The molecule has 3 nitrogen and oxygen atoms in total. The van der Waals surface area contributed by atoms with Crippen molar-refractivity contribution in [2.45, 2.75) is 31.8 Å². The fraction of sp³-hybridized carbons (Fsp3) is 0.500. The average Bonchev–Trinajstić information content (AvgIpc) is 2.64. The van der Waals surface area contributed by atoms with Gasteiger partial charge in [-0.2, -0.15) is 5.26 Å². The molecule has 3 heteroatoms. The summed E-state index contributed by atoms with van der Waals surface area (Å²) in [5, 5.41) is 12.2. The second-order valence-corrected chi connectivity index (χ2v) is 5.09. The molecule has 1 aliphatic heterocycles. The van der Waals surface area contributed by atoms with Gasteiger partial charge in [0, 0.05) is 23.8 Å². The summed E-state index contributed by atoms with van der Waals surface area (Å²) in [5.74, 6) is 0. The normalized spacial score (nSPS) is 22.5. The number of nitrogens with zero attached hydrogens (tertiary/aromatic N) is 2. The molecule has 2 rings (SSSR count). The number of anilines is 1. The Hall–Kier alpha value is -1.53. The van der Waals surface area contributed by atoms with E-state index >= 15 is 0 Å². The second-order valence-electron chi connectivity index (χ2n) is 5.09. The molecule has 1 saturated heterocycles. The average molecular weight is 229 g/mol. The summed E-state index contributed by atoms with van der Waals surface area (Å²) in [6.45, 7) is 5.59. The van der Waals surface area contributed by atoms with Gasteiger partial charge in [0.2, 0.25) is 0 Å². The van der Waals surface area contributed by atoms with Crippen molar-refractivity contribution in [1.82, 2.24) is 5.32 Å². The highest BCUT2D eigenvalue weighted by Crippen LogP contribution is 2.33. The fourth-order valence-corrected chi connectivity index (χ4v) is 2.76. The van der Waals surface area contributed by atoms with E-state index in [2.05, 4.69) is 30.1 Å². The van der Waals surface area contributed by atoms with Crippen LogP contribution in [0.3, 0.4) is 0 Å². The Bertz CT molecular complexity index is 428. The van der Waals surface area contributed by atoms with E-state index < -0.39 is 0 Å². The third-order valence-corrected chi connectivity index (χ3v) is 3.85. The predicted octanol–water partition coefficient (Wildman–Crippen LogP) is 2.13. The van der Waals surface area contributed by atoms with Gasteiger partial charge in [-0.15, -0.1) is 0 Å². The highest BCUT2D eigenvalue weighted by molar-refractivity contribution is 5.53. The van der Waals surface area contributed by atoms with Gasteiger partial charge in [-0.25, -0.2) is 0 Å². The quantitative estimate of drug-likeness (QED) is 0.844. The molecule has 0 saturated carbocycles. The van der Waals surface area contributed by atoms with Crippen LogP contribution in [0, 0.1) is 11.3 Å². The molecule has 17 heavy (non-hydrogen) atoms. The molecule has 1 aromatic rings. The molecule has 0 aliphatic carbocycles. The molecule has 0 radical (unpaired) electrons. The van der Waals surface area contributed by atoms with E-state index in [9.17, 15) is 0 Å². The van der Waals surface area contributed by atoms with Crippen LogP contribution >= 0.6 is 0 Å². The van der Waals surface area contributed by atoms with E-state index in [-0.39, 0.29) is 5.54 Å². The van der Waals surface area contributed by atoms with Gasteiger partial charge in [0.25, 0.3) is 0 Å². The van der Waals surface area contributed by atoms with Crippen LogP contribution in [0.4, 0.5) is 5.69 Å². The lowest BCUT2D eigenvalue weighted by molar-refractivity contribution is 0.403. The number of benzene rings is 1. The van der Waals surface area contributed by atoms with Crippen LogP contribution in [0.5, 0.6) is 0 Å². The summed E-state index contributed by atoms with van der Waals surface area (Å²) in [4.78, 5) is 2.41. The maximum atomic E-state index is 8.80. The Balaban J connectivity index is 2.26. The van der Waals surface area contributed by atoms with Gasteiger partial charge in [-0.1, -0.05) is 0 Å². The molecule has 0 amide bonds. The summed E-state index contributed by atoms with van der Waals surface area (Å²) in [6.07, 6.45) is 1.16. The molecule has 1 aliphatic rings. The van der Waals surface area contributed by atoms with Crippen molar-refractivity contribution in [1.29, 1.82) is 5.26 Å². The molecule has 0 spiro atoms. The number of hydrogen-bond donors (Lipinski definition) is 1. The first-order valence-corrected chi connectivity index (χ1v) is 6.04. The van der Waals surface area contributed by atoms with E-state index in [4.69, 9.17) is 5.26 Å². The Kier molecular flexibility index (Phi) is 3.08. The van der Waals surface area contributed by atoms with Gasteiger partial charge in [0.15, 0.2) is 0 Å². The first kappa shape index (κ1) is 11.9. The number of likely N-dealkylation sites (N-methyl/N-ethyl adjacent to an activating group) is 1. The lowest BCUT2D eigenvalue weighted by atomic mass is 9.95. The van der Waals surface area contributed by atoms with Gasteiger partial charge < -0.3 is 10.2 Å². The smallest absolute Gasteiger partial charge is 0.0991 e. The SMILES string of the molecule is CNC1CCN(c2ccc(C#N)cc2)C1(C)C. The van der Waals surface area contributed by atoms with Crippen molar-refractivity contribution < 1.29 is 0 Å².